The van der Waals surface area contributed by atoms with Gasteiger partial charge in [-0.3, -0.25) is 0 Å². The molecule has 1 heteroatoms. The summed E-state index contributed by atoms with van der Waals surface area (Å²) in [5.41, 5.74) is 3.23. The minimum absolute atomic E-state index is 0.226. The van der Waals surface area contributed by atoms with Gasteiger partial charge < -0.3 is 5.32 Å². The zero-order chi connectivity index (χ0) is 13.9. The Bertz CT molecular complexity index is 398. The maximum atomic E-state index is 3.69. The molecule has 1 fully saturated rings. The van der Waals surface area contributed by atoms with Gasteiger partial charge in [-0.15, -0.1) is 0 Å². The van der Waals surface area contributed by atoms with Crippen LogP contribution < -0.4 is 5.32 Å². The Morgan fingerprint density at radius 2 is 1.89 bits per heavy atom. The Labute approximate surface area is 118 Å². The summed E-state index contributed by atoms with van der Waals surface area (Å²) in [6.45, 7) is 10.2. The average Bonchev–Trinajstić information content (AvgIpc) is 3.17. The van der Waals surface area contributed by atoms with Gasteiger partial charge in [0, 0.05) is 6.04 Å². The minimum Gasteiger partial charge on any atom is -0.310 e. The highest BCUT2D eigenvalue weighted by Gasteiger charge is 2.25. The molecular weight excluding hydrogens is 230 g/mol. The van der Waals surface area contributed by atoms with Gasteiger partial charge in [0.2, 0.25) is 0 Å². The van der Waals surface area contributed by atoms with E-state index >= 15 is 0 Å². The Kier molecular flexibility index (Phi) is 4.67. The normalized spacial score (nSPS) is 17.5. The van der Waals surface area contributed by atoms with E-state index in [2.05, 4.69) is 57.3 Å². The molecule has 1 N–H and O–H groups in total. The lowest BCUT2D eigenvalue weighted by atomic mass is 9.81. The van der Waals surface area contributed by atoms with Gasteiger partial charge in [-0.25, -0.2) is 0 Å². The van der Waals surface area contributed by atoms with Crippen molar-refractivity contribution in [2.24, 2.45) is 5.92 Å². The molecule has 1 atom stereocenters. The van der Waals surface area contributed by atoms with E-state index in [1.165, 1.54) is 36.8 Å². The van der Waals surface area contributed by atoms with Crippen molar-refractivity contribution in [2.45, 2.75) is 64.8 Å². The molecule has 2 rings (SSSR count). The number of rotatable bonds is 6. The molecule has 0 amide bonds. The van der Waals surface area contributed by atoms with E-state index < -0.39 is 0 Å². The summed E-state index contributed by atoms with van der Waals surface area (Å²) < 4.78 is 0. The third-order valence-corrected chi connectivity index (χ3v) is 4.16. The molecule has 1 aromatic rings. The molecule has 1 aliphatic carbocycles. The van der Waals surface area contributed by atoms with Crippen LogP contribution in [0.2, 0.25) is 0 Å². The van der Waals surface area contributed by atoms with Gasteiger partial charge in [0.05, 0.1) is 0 Å². The fourth-order valence-electron chi connectivity index (χ4n) is 2.91. The number of benzene rings is 1. The quantitative estimate of drug-likeness (QED) is 0.772. The lowest BCUT2D eigenvalue weighted by Gasteiger charge is -2.28. The molecule has 19 heavy (non-hydrogen) atoms. The summed E-state index contributed by atoms with van der Waals surface area (Å²) in [5, 5.41) is 3.69. The van der Waals surface area contributed by atoms with Crippen molar-refractivity contribution >= 4 is 0 Å². The first-order chi connectivity index (χ1) is 9.02. The lowest BCUT2D eigenvalue weighted by Crippen LogP contribution is -2.25. The van der Waals surface area contributed by atoms with Gasteiger partial charge in [-0.05, 0) is 41.8 Å². The van der Waals surface area contributed by atoms with E-state index in [0.717, 1.165) is 12.5 Å². The summed E-state index contributed by atoms with van der Waals surface area (Å²) in [4.78, 5) is 0. The Morgan fingerprint density at radius 3 is 2.47 bits per heavy atom. The van der Waals surface area contributed by atoms with E-state index in [4.69, 9.17) is 0 Å². The van der Waals surface area contributed by atoms with E-state index in [9.17, 15) is 0 Å². The van der Waals surface area contributed by atoms with Crippen molar-refractivity contribution in [1.82, 2.24) is 5.32 Å². The summed E-state index contributed by atoms with van der Waals surface area (Å²) in [7, 11) is 0. The Balaban J connectivity index is 2.18. The standard InChI is InChI=1S/C18H29N/c1-5-19-17(13-12-14-10-11-14)15-8-6-7-9-16(15)18(2,3)4/h6-9,14,17,19H,5,10-13H2,1-4H3. The third kappa shape index (κ3) is 4.07. The van der Waals surface area contributed by atoms with Gasteiger partial charge in [0.25, 0.3) is 0 Å². The second-order valence-corrected chi connectivity index (χ2v) is 6.97. The van der Waals surface area contributed by atoms with Crippen molar-refractivity contribution in [3.8, 4) is 0 Å². The monoisotopic (exact) mass is 259 g/mol. The summed E-state index contributed by atoms with van der Waals surface area (Å²) in [6.07, 6.45) is 5.58. The number of nitrogens with one attached hydrogen (secondary N) is 1. The first kappa shape index (κ1) is 14.6. The largest absolute Gasteiger partial charge is 0.310 e. The molecule has 0 aliphatic heterocycles. The van der Waals surface area contributed by atoms with Crippen LogP contribution in [0.25, 0.3) is 0 Å². The van der Waals surface area contributed by atoms with Crippen LogP contribution in [0, 0.1) is 5.92 Å². The van der Waals surface area contributed by atoms with Crippen LogP contribution in [0.15, 0.2) is 24.3 Å². The maximum absolute atomic E-state index is 3.69. The molecule has 0 saturated heterocycles. The molecule has 1 saturated carbocycles. The lowest BCUT2D eigenvalue weighted by molar-refractivity contribution is 0.467. The first-order valence-corrected chi connectivity index (χ1v) is 7.85. The second kappa shape index (κ2) is 6.09. The van der Waals surface area contributed by atoms with Crippen LogP contribution in [-0.2, 0) is 5.41 Å². The van der Waals surface area contributed by atoms with Gasteiger partial charge in [-0.1, -0.05) is 64.8 Å². The predicted molar refractivity (Wildman–Crippen MR) is 83.5 cm³/mol. The predicted octanol–water partition coefficient (Wildman–Crippen LogP) is 4.82. The molecular formula is C18H29N. The van der Waals surface area contributed by atoms with Crippen molar-refractivity contribution in [2.75, 3.05) is 6.54 Å². The fourth-order valence-corrected chi connectivity index (χ4v) is 2.91. The van der Waals surface area contributed by atoms with Crippen LogP contribution in [-0.4, -0.2) is 6.54 Å². The molecule has 1 aliphatic rings. The molecule has 0 aromatic heterocycles. The third-order valence-electron chi connectivity index (χ3n) is 4.16. The van der Waals surface area contributed by atoms with Gasteiger partial charge >= 0.3 is 0 Å². The zero-order valence-electron chi connectivity index (χ0n) is 13.0. The van der Waals surface area contributed by atoms with E-state index in [1.54, 1.807) is 0 Å². The summed E-state index contributed by atoms with van der Waals surface area (Å²) in [5.74, 6) is 1.02. The highest BCUT2D eigenvalue weighted by atomic mass is 14.9. The van der Waals surface area contributed by atoms with Gasteiger partial charge in [0.15, 0.2) is 0 Å². The molecule has 1 nitrogen and oxygen atoms in total. The van der Waals surface area contributed by atoms with E-state index in [1.807, 2.05) is 0 Å². The molecule has 0 bridgehead atoms. The van der Waals surface area contributed by atoms with Gasteiger partial charge in [0.1, 0.15) is 0 Å². The van der Waals surface area contributed by atoms with E-state index in [0.29, 0.717) is 6.04 Å². The second-order valence-electron chi connectivity index (χ2n) is 6.97. The summed E-state index contributed by atoms with van der Waals surface area (Å²) in [6, 6.07) is 9.51. The number of hydrogen-bond donors (Lipinski definition) is 1. The molecule has 1 unspecified atom stereocenters. The van der Waals surface area contributed by atoms with Crippen LogP contribution in [0.4, 0.5) is 0 Å². The highest BCUT2D eigenvalue weighted by Crippen LogP contribution is 2.37. The van der Waals surface area contributed by atoms with Crippen LogP contribution in [0.1, 0.15) is 70.5 Å². The SMILES string of the molecule is CCNC(CCC1CC1)c1ccccc1C(C)(C)C. The van der Waals surface area contributed by atoms with Crippen LogP contribution >= 0.6 is 0 Å². The summed E-state index contributed by atoms with van der Waals surface area (Å²) >= 11 is 0. The number of hydrogen-bond acceptors (Lipinski definition) is 1. The van der Waals surface area contributed by atoms with Crippen molar-refractivity contribution in [1.29, 1.82) is 0 Å². The molecule has 106 valence electrons. The smallest absolute Gasteiger partial charge is 0.0323 e. The maximum Gasteiger partial charge on any atom is 0.0323 e. The van der Waals surface area contributed by atoms with Crippen molar-refractivity contribution in [3.05, 3.63) is 35.4 Å². The van der Waals surface area contributed by atoms with Crippen LogP contribution in [0.5, 0.6) is 0 Å². The van der Waals surface area contributed by atoms with Crippen LogP contribution in [0.3, 0.4) is 0 Å². The van der Waals surface area contributed by atoms with E-state index in [-0.39, 0.29) is 5.41 Å². The highest BCUT2D eigenvalue weighted by molar-refractivity contribution is 5.35. The van der Waals surface area contributed by atoms with Crippen molar-refractivity contribution in [3.63, 3.8) is 0 Å². The van der Waals surface area contributed by atoms with Crippen molar-refractivity contribution < 1.29 is 0 Å². The first-order valence-electron chi connectivity index (χ1n) is 7.85. The molecule has 0 heterocycles. The fraction of sp³-hybridized carbons (Fsp3) is 0.667. The minimum atomic E-state index is 0.226. The molecule has 0 radical (unpaired) electrons. The topological polar surface area (TPSA) is 12.0 Å². The molecule has 1 aromatic carbocycles. The zero-order valence-corrected chi connectivity index (χ0v) is 13.0. The molecule has 0 spiro atoms. The van der Waals surface area contributed by atoms with Gasteiger partial charge in [-0.2, -0.15) is 0 Å². The Hall–Kier alpha value is -0.820. The Morgan fingerprint density at radius 1 is 1.21 bits per heavy atom. The average molecular weight is 259 g/mol.